The number of carbonyl (C=O) groups excluding carboxylic acids is 2. The Morgan fingerprint density at radius 1 is 1.11 bits per heavy atom. The first-order chi connectivity index (χ1) is 17.3. The Morgan fingerprint density at radius 3 is 2.41 bits per heavy atom. The predicted octanol–water partition coefficient (Wildman–Crippen LogP) is 3.33. The SMILES string of the molecule is CCC(C)C(NCl)C(=O)NC(CC(=O)N1CCn2c(nnc2C(F)(F)F)C1)Cc1cc(F)c(F)cc1F. The Hall–Kier alpha value is -2.87. The fourth-order valence-corrected chi connectivity index (χ4v) is 4.34. The molecule has 2 N–H and O–H groups in total. The summed E-state index contributed by atoms with van der Waals surface area (Å²) in [5.74, 6) is -6.38. The number of nitrogens with one attached hydrogen (secondary N) is 2. The van der Waals surface area contributed by atoms with Crippen LogP contribution in [0.4, 0.5) is 26.3 Å². The van der Waals surface area contributed by atoms with E-state index in [1.54, 1.807) is 6.92 Å². The van der Waals surface area contributed by atoms with Gasteiger partial charge in [-0.15, -0.1) is 10.2 Å². The van der Waals surface area contributed by atoms with Crippen LogP contribution in [0.1, 0.15) is 43.9 Å². The molecule has 0 bridgehead atoms. The quantitative estimate of drug-likeness (QED) is 0.282. The van der Waals surface area contributed by atoms with E-state index in [0.29, 0.717) is 18.6 Å². The summed E-state index contributed by atoms with van der Waals surface area (Å²) >= 11 is 5.72. The van der Waals surface area contributed by atoms with Crippen LogP contribution in [-0.4, -0.2) is 50.1 Å². The lowest BCUT2D eigenvalue weighted by molar-refractivity contribution is -0.148. The lowest BCUT2D eigenvalue weighted by atomic mass is 9.97. The average molecular weight is 555 g/mol. The fraction of sp³-hybridized carbons (Fsp3) is 0.545. The van der Waals surface area contributed by atoms with Crippen LogP contribution < -0.4 is 10.2 Å². The van der Waals surface area contributed by atoms with Crippen LogP contribution in [0.25, 0.3) is 0 Å². The monoisotopic (exact) mass is 554 g/mol. The van der Waals surface area contributed by atoms with Gasteiger partial charge in [-0.2, -0.15) is 13.2 Å². The first-order valence-electron chi connectivity index (χ1n) is 11.4. The lowest BCUT2D eigenvalue weighted by Crippen LogP contribution is -2.50. The average Bonchev–Trinajstić information content (AvgIpc) is 3.26. The molecule has 37 heavy (non-hydrogen) atoms. The van der Waals surface area contributed by atoms with Gasteiger partial charge in [-0.05, 0) is 35.7 Å². The third kappa shape index (κ3) is 6.72. The van der Waals surface area contributed by atoms with Gasteiger partial charge in [0.05, 0.1) is 6.54 Å². The van der Waals surface area contributed by atoms with Gasteiger partial charge in [-0.3, -0.25) is 9.59 Å². The minimum atomic E-state index is -4.70. The zero-order valence-corrected chi connectivity index (χ0v) is 20.6. The number of hydrogen-bond acceptors (Lipinski definition) is 5. The Morgan fingerprint density at radius 2 is 1.78 bits per heavy atom. The van der Waals surface area contributed by atoms with Gasteiger partial charge in [0, 0.05) is 31.6 Å². The Bertz CT molecular complexity index is 1140. The van der Waals surface area contributed by atoms with Crippen LogP contribution in [0.2, 0.25) is 0 Å². The molecule has 2 heterocycles. The minimum Gasteiger partial charge on any atom is -0.351 e. The summed E-state index contributed by atoms with van der Waals surface area (Å²) < 4.78 is 81.6. The highest BCUT2D eigenvalue weighted by atomic mass is 35.5. The summed E-state index contributed by atoms with van der Waals surface area (Å²) in [6.45, 7) is 3.03. The van der Waals surface area contributed by atoms with Gasteiger partial charge in [0.15, 0.2) is 17.5 Å². The highest BCUT2D eigenvalue weighted by molar-refractivity contribution is 6.15. The van der Waals surface area contributed by atoms with Gasteiger partial charge >= 0.3 is 6.18 Å². The van der Waals surface area contributed by atoms with E-state index in [1.165, 1.54) is 4.90 Å². The largest absolute Gasteiger partial charge is 0.451 e. The molecule has 8 nitrogen and oxygen atoms in total. The topological polar surface area (TPSA) is 92.2 Å². The van der Waals surface area contributed by atoms with Crippen molar-refractivity contribution in [3.63, 3.8) is 0 Å². The van der Waals surface area contributed by atoms with E-state index < -0.39 is 59.8 Å². The van der Waals surface area contributed by atoms with Gasteiger partial charge in [-0.25, -0.2) is 18.0 Å². The van der Waals surface area contributed by atoms with E-state index in [9.17, 15) is 35.9 Å². The molecular formula is C22H25ClF6N6O2. The summed E-state index contributed by atoms with van der Waals surface area (Å²) in [7, 11) is 0. The predicted molar refractivity (Wildman–Crippen MR) is 119 cm³/mol. The van der Waals surface area contributed by atoms with Crippen LogP contribution in [0.5, 0.6) is 0 Å². The zero-order chi connectivity index (χ0) is 27.5. The molecule has 0 aliphatic carbocycles. The summed E-state index contributed by atoms with van der Waals surface area (Å²) in [5.41, 5.74) is -0.274. The molecule has 2 aromatic rings. The maximum Gasteiger partial charge on any atom is 0.451 e. The van der Waals surface area contributed by atoms with Gasteiger partial charge in [0.25, 0.3) is 0 Å². The van der Waals surface area contributed by atoms with E-state index in [0.717, 1.165) is 4.57 Å². The second kappa shape index (κ2) is 11.7. The first-order valence-corrected chi connectivity index (χ1v) is 11.8. The Labute approximate surface area is 213 Å². The van der Waals surface area contributed by atoms with E-state index in [1.807, 2.05) is 6.92 Å². The van der Waals surface area contributed by atoms with Crippen LogP contribution in [-0.2, 0) is 35.3 Å². The number of nitrogens with zero attached hydrogens (tertiary/aromatic N) is 4. The Kier molecular flexibility index (Phi) is 9.05. The molecule has 2 amide bonds. The lowest BCUT2D eigenvalue weighted by Gasteiger charge is -2.30. The zero-order valence-electron chi connectivity index (χ0n) is 19.9. The summed E-state index contributed by atoms with van der Waals surface area (Å²) in [5, 5.41) is 9.29. The maximum atomic E-state index is 14.3. The third-order valence-electron chi connectivity index (χ3n) is 6.30. The van der Waals surface area contributed by atoms with Crippen molar-refractivity contribution < 1.29 is 35.9 Å². The molecule has 1 aromatic heterocycles. The number of carbonyl (C=O) groups is 2. The molecule has 3 unspecified atom stereocenters. The number of amides is 2. The van der Waals surface area contributed by atoms with Gasteiger partial charge < -0.3 is 14.8 Å². The summed E-state index contributed by atoms with van der Waals surface area (Å²) in [6, 6.07) is -0.930. The number of halogens is 7. The van der Waals surface area contributed by atoms with Crippen molar-refractivity contribution in [2.45, 2.75) is 64.5 Å². The number of hydrogen-bond donors (Lipinski definition) is 2. The van der Waals surface area contributed by atoms with Gasteiger partial charge in [-0.1, -0.05) is 20.3 Å². The van der Waals surface area contributed by atoms with Crippen molar-refractivity contribution in [1.82, 2.24) is 29.8 Å². The Balaban J connectivity index is 1.80. The molecular weight excluding hydrogens is 530 g/mol. The minimum absolute atomic E-state index is 0.0673. The van der Waals surface area contributed by atoms with E-state index >= 15 is 0 Å². The summed E-state index contributed by atoms with van der Waals surface area (Å²) in [4.78, 5) is 29.5. The molecule has 0 fully saturated rings. The molecule has 15 heteroatoms. The number of aromatic nitrogens is 3. The van der Waals surface area contributed by atoms with Gasteiger partial charge in [0.2, 0.25) is 17.6 Å². The normalized spacial score (nSPS) is 16.2. The third-order valence-corrected chi connectivity index (χ3v) is 6.53. The van der Waals surface area contributed by atoms with Crippen molar-refractivity contribution >= 4 is 23.6 Å². The van der Waals surface area contributed by atoms with Gasteiger partial charge in [0.1, 0.15) is 11.9 Å². The molecule has 0 spiro atoms. The highest BCUT2D eigenvalue weighted by Gasteiger charge is 2.40. The highest BCUT2D eigenvalue weighted by Crippen LogP contribution is 2.29. The smallest absolute Gasteiger partial charge is 0.351 e. The van der Waals surface area contributed by atoms with Crippen LogP contribution in [0.3, 0.4) is 0 Å². The van der Waals surface area contributed by atoms with Crippen LogP contribution >= 0.6 is 11.8 Å². The van der Waals surface area contributed by atoms with E-state index in [-0.39, 0.29) is 43.4 Å². The number of rotatable bonds is 9. The second-order valence-electron chi connectivity index (χ2n) is 8.85. The van der Waals surface area contributed by atoms with Crippen molar-refractivity contribution in [2.75, 3.05) is 6.54 Å². The summed E-state index contributed by atoms with van der Waals surface area (Å²) in [6.07, 6.45) is -4.89. The number of benzene rings is 1. The molecule has 0 saturated carbocycles. The van der Waals surface area contributed by atoms with Crippen molar-refractivity contribution in [3.05, 3.63) is 46.8 Å². The van der Waals surface area contributed by atoms with Crippen LogP contribution in [0.15, 0.2) is 12.1 Å². The van der Waals surface area contributed by atoms with E-state index in [2.05, 4.69) is 20.3 Å². The van der Waals surface area contributed by atoms with Crippen molar-refractivity contribution in [2.24, 2.45) is 5.92 Å². The molecule has 3 rings (SSSR count). The molecule has 0 radical (unpaired) electrons. The van der Waals surface area contributed by atoms with E-state index in [4.69, 9.17) is 11.8 Å². The molecule has 1 aliphatic heterocycles. The molecule has 204 valence electrons. The number of alkyl halides is 3. The number of fused-ring (bicyclic) bond motifs is 1. The molecule has 1 aliphatic rings. The first kappa shape index (κ1) is 28.7. The van der Waals surface area contributed by atoms with Crippen molar-refractivity contribution in [1.29, 1.82) is 0 Å². The standard InChI is InChI=1S/C22H25ClF6N6O2/c1-3-11(2)19(31-23)20(37)30-13(6-12-7-15(25)16(26)9-14(12)24)8-18(36)34-4-5-35-17(10-34)32-33-21(35)22(27,28)29/h7,9,11,13,19,31H,3-6,8,10H2,1-2H3,(H,30,37). The maximum absolute atomic E-state index is 14.3. The molecule has 0 saturated heterocycles. The molecule has 3 atom stereocenters. The second-order valence-corrected chi connectivity index (χ2v) is 9.07. The molecule has 1 aromatic carbocycles. The fourth-order valence-electron chi connectivity index (χ4n) is 4.02. The van der Waals surface area contributed by atoms with Crippen LogP contribution in [0, 0.1) is 23.4 Å². The van der Waals surface area contributed by atoms with Crippen molar-refractivity contribution in [3.8, 4) is 0 Å².